The highest BCUT2D eigenvalue weighted by Gasteiger charge is 2.05. The molecule has 0 aliphatic rings. The summed E-state index contributed by atoms with van der Waals surface area (Å²) in [6, 6.07) is 16.3. The normalized spacial score (nSPS) is 10.8. The van der Waals surface area contributed by atoms with E-state index in [1.165, 1.54) is 5.56 Å². The Hall–Kier alpha value is -2.55. The van der Waals surface area contributed by atoms with Crippen molar-refractivity contribution in [3.05, 3.63) is 59.8 Å². The van der Waals surface area contributed by atoms with Crippen molar-refractivity contribution in [2.24, 2.45) is 0 Å². The Morgan fingerprint density at radius 2 is 1.95 bits per heavy atom. The van der Waals surface area contributed by atoms with Gasteiger partial charge < -0.3 is 11.1 Å². The van der Waals surface area contributed by atoms with Crippen molar-refractivity contribution in [3.63, 3.8) is 0 Å². The van der Waals surface area contributed by atoms with Gasteiger partial charge in [-0.3, -0.25) is 4.98 Å². The third-order valence-corrected chi connectivity index (χ3v) is 3.58. The highest BCUT2D eigenvalue weighted by molar-refractivity contribution is 5.95. The highest BCUT2D eigenvalue weighted by atomic mass is 14.9. The maximum Gasteiger partial charge on any atom is 0.0727 e. The van der Waals surface area contributed by atoms with Gasteiger partial charge in [0, 0.05) is 28.1 Å². The molecule has 106 valence electrons. The average molecular weight is 277 g/mol. The van der Waals surface area contributed by atoms with E-state index in [0.717, 1.165) is 40.1 Å². The fourth-order valence-electron chi connectivity index (χ4n) is 2.50. The summed E-state index contributed by atoms with van der Waals surface area (Å²) in [5.74, 6) is 0. The summed E-state index contributed by atoms with van der Waals surface area (Å²) in [6.45, 7) is 4.16. The second-order valence-corrected chi connectivity index (χ2v) is 5.27. The van der Waals surface area contributed by atoms with Gasteiger partial charge >= 0.3 is 0 Å². The van der Waals surface area contributed by atoms with Gasteiger partial charge in [0.25, 0.3) is 0 Å². The molecule has 0 aliphatic carbocycles. The number of rotatable bonds is 3. The lowest BCUT2D eigenvalue weighted by Gasteiger charge is -2.12. The molecule has 3 N–H and O–H groups in total. The molecular formula is C18H19N3. The summed E-state index contributed by atoms with van der Waals surface area (Å²) >= 11 is 0. The minimum absolute atomic E-state index is 0.749. The van der Waals surface area contributed by atoms with Crippen molar-refractivity contribution in [1.82, 2.24) is 4.98 Å². The lowest BCUT2D eigenvalue weighted by molar-refractivity contribution is 1.14. The number of benzene rings is 2. The Bertz CT molecular complexity index is 794. The van der Waals surface area contributed by atoms with Crippen molar-refractivity contribution in [3.8, 4) is 0 Å². The third-order valence-electron chi connectivity index (χ3n) is 3.58. The molecule has 0 fully saturated rings. The number of hydrogen-bond acceptors (Lipinski definition) is 3. The molecule has 3 heteroatoms. The Kier molecular flexibility index (Phi) is 3.48. The van der Waals surface area contributed by atoms with Crippen molar-refractivity contribution in [1.29, 1.82) is 0 Å². The van der Waals surface area contributed by atoms with Gasteiger partial charge in [-0.25, -0.2) is 0 Å². The molecule has 0 bridgehead atoms. The Morgan fingerprint density at radius 1 is 1.10 bits per heavy atom. The van der Waals surface area contributed by atoms with E-state index in [2.05, 4.69) is 47.6 Å². The van der Waals surface area contributed by atoms with E-state index in [9.17, 15) is 0 Å². The smallest absolute Gasteiger partial charge is 0.0727 e. The zero-order valence-electron chi connectivity index (χ0n) is 12.4. The van der Waals surface area contributed by atoms with E-state index in [4.69, 9.17) is 5.73 Å². The van der Waals surface area contributed by atoms with Crippen LogP contribution in [0, 0.1) is 6.92 Å². The number of aromatic nitrogens is 1. The number of nitrogens with two attached hydrogens (primary N) is 1. The van der Waals surface area contributed by atoms with Gasteiger partial charge in [-0.15, -0.1) is 0 Å². The van der Waals surface area contributed by atoms with Crippen molar-refractivity contribution < 1.29 is 0 Å². The van der Waals surface area contributed by atoms with Crippen LogP contribution in [0.2, 0.25) is 0 Å². The lowest BCUT2D eigenvalue weighted by atomic mass is 10.1. The number of hydrogen-bond donors (Lipinski definition) is 2. The summed E-state index contributed by atoms with van der Waals surface area (Å²) < 4.78 is 0. The molecule has 0 aliphatic heterocycles. The fraction of sp³-hybridized carbons (Fsp3) is 0.167. The van der Waals surface area contributed by atoms with Crippen molar-refractivity contribution >= 4 is 28.0 Å². The molecule has 0 amide bonds. The maximum absolute atomic E-state index is 5.91. The number of anilines is 3. The second kappa shape index (κ2) is 5.44. The molecule has 0 unspecified atom stereocenters. The van der Waals surface area contributed by atoms with Gasteiger partial charge in [-0.1, -0.05) is 19.1 Å². The zero-order chi connectivity index (χ0) is 14.8. The van der Waals surface area contributed by atoms with Gasteiger partial charge in [0.2, 0.25) is 0 Å². The molecule has 0 atom stereocenters. The van der Waals surface area contributed by atoms with Gasteiger partial charge in [-0.2, -0.15) is 0 Å². The first-order chi connectivity index (χ1) is 10.2. The van der Waals surface area contributed by atoms with Gasteiger partial charge in [-0.05, 0) is 55.3 Å². The van der Waals surface area contributed by atoms with Crippen LogP contribution < -0.4 is 11.1 Å². The molecule has 0 saturated heterocycles. The van der Waals surface area contributed by atoms with E-state index >= 15 is 0 Å². The highest BCUT2D eigenvalue weighted by Crippen LogP contribution is 2.28. The second-order valence-electron chi connectivity index (χ2n) is 5.27. The van der Waals surface area contributed by atoms with E-state index in [1.54, 1.807) is 0 Å². The van der Waals surface area contributed by atoms with Crippen molar-refractivity contribution in [2.75, 3.05) is 11.1 Å². The third kappa shape index (κ3) is 2.82. The van der Waals surface area contributed by atoms with E-state index in [0.29, 0.717) is 0 Å². The standard InChI is InChI=1S/C18H19N3/c1-3-13-5-4-6-15(10-13)21-18-9-12(2)20-17-8-7-14(19)11-16(17)18/h4-11H,3,19H2,1-2H3,(H,20,21). The van der Waals surface area contributed by atoms with Crippen LogP contribution in [0.15, 0.2) is 48.5 Å². The lowest BCUT2D eigenvalue weighted by Crippen LogP contribution is -1.96. The predicted octanol–water partition coefficient (Wildman–Crippen LogP) is 4.43. The summed E-state index contributed by atoms with van der Waals surface area (Å²) in [5, 5.41) is 4.54. The molecule has 3 aromatic rings. The molecule has 3 rings (SSSR count). The van der Waals surface area contributed by atoms with E-state index in [1.807, 2.05) is 25.1 Å². The topological polar surface area (TPSA) is 50.9 Å². The molecular weight excluding hydrogens is 258 g/mol. The van der Waals surface area contributed by atoms with Crippen molar-refractivity contribution in [2.45, 2.75) is 20.3 Å². The molecule has 0 spiro atoms. The van der Waals surface area contributed by atoms with Crippen LogP contribution in [-0.4, -0.2) is 4.98 Å². The monoisotopic (exact) mass is 277 g/mol. The Balaban J connectivity index is 2.08. The first-order valence-corrected chi connectivity index (χ1v) is 7.18. The Labute approximate surface area is 124 Å². The number of pyridine rings is 1. The van der Waals surface area contributed by atoms with Crippen LogP contribution in [0.3, 0.4) is 0 Å². The molecule has 0 saturated carbocycles. The largest absolute Gasteiger partial charge is 0.399 e. The molecule has 2 aromatic carbocycles. The fourth-order valence-corrected chi connectivity index (χ4v) is 2.50. The SMILES string of the molecule is CCc1cccc(Nc2cc(C)nc3ccc(N)cc23)c1. The summed E-state index contributed by atoms with van der Waals surface area (Å²) in [5.41, 5.74) is 12.0. The van der Waals surface area contributed by atoms with Crippen LogP contribution >= 0.6 is 0 Å². The minimum atomic E-state index is 0.749. The van der Waals surface area contributed by atoms with Crippen LogP contribution in [0.25, 0.3) is 10.9 Å². The van der Waals surface area contributed by atoms with E-state index < -0.39 is 0 Å². The maximum atomic E-state index is 5.91. The quantitative estimate of drug-likeness (QED) is 0.696. The van der Waals surface area contributed by atoms with Crippen LogP contribution in [0.1, 0.15) is 18.2 Å². The number of fused-ring (bicyclic) bond motifs is 1. The number of nitrogens with one attached hydrogen (secondary N) is 1. The van der Waals surface area contributed by atoms with Gasteiger partial charge in [0.1, 0.15) is 0 Å². The molecule has 0 radical (unpaired) electrons. The van der Waals surface area contributed by atoms with Gasteiger partial charge in [0.05, 0.1) is 5.52 Å². The zero-order valence-corrected chi connectivity index (χ0v) is 12.4. The van der Waals surface area contributed by atoms with E-state index in [-0.39, 0.29) is 0 Å². The molecule has 1 heterocycles. The first-order valence-electron chi connectivity index (χ1n) is 7.18. The van der Waals surface area contributed by atoms with Gasteiger partial charge in [0.15, 0.2) is 0 Å². The van der Waals surface area contributed by atoms with Crippen LogP contribution in [0.4, 0.5) is 17.1 Å². The summed E-state index contributed by atoms with van der Waals surface area (Å²) in [4.78, 5) is 4.56. The summed E-state index contributed by atoms with van der Waals surface area (Å²) in [6.07, 6.45) is 1.03. The minimum Gasteiger partial charge on any atom is -0.399 e. The molecule has 1 aromatic heterocycles. The van der Waals surface area contributed by atoms with Crippen LogP contribution in [-0.2, 0) is 6.42 Å². The molecule has 21 heavy (non-hydrogen) atoms. The summed E-state index contributed by atoms with van der Waals surface area (Å²) in [7, 11) is 0. The number of nitrogens with zero attached hydrogens (tertiary/aromatic N) is 1. The number of nitrogen functional groups attached to an aromatic ring is 1. The first kappa shape index (κ1) is 13.4. The predicted molar refractivity (Wildman–Crippen MR) is 90.0 cm³/mol. The van der Waals surface area contributed by atoms with Crippen LogP contribution in [0.5, 0.6) is 0 Å². The number of aryl methyl sites for hydroxylation is 2. The Morgan fingerprint density at radius 3 is 2.76 bits per heavy atom. The molecule has 3 nitrogen and oxygen atoms in total. The average Bonchev–Trinajstić information content (AvgIpc) is 2.48.